The number of rotatable bonds is 2. The molecule has 2 aromatic rings. The van der Waals surface area contributed by atoms with E-state index in [1.807, 2.05) is 24.4 Å². The number of pyridine rings is 1. The zero-order chi connectivity index (χ0) is 9.26. The summed E-state index contributed by atoms with van der Waals surface area (Å²) in [5.41, 5.74) is 7.20. The molecule has 0 spiro atoms. The van der Waals surface area contributed by atoms with Crippen molar-refractivity contribution in [2.24, 2.45) is 0 Å². The summed E-state index contributed by atoms with van der Waals surface area (Å²) in [4.78, 5) is 0. The van der Waals surface area contributed by atoms with Gasteiger partial charge in [-0.25, -0.2) is 4.52 Å². The summed E-state index contributed by atoms with van der Waals surface area (Å²) in [6.07, 6.45) is 1.82. The quantitative estimate of drug-likeness (QED) is 0.746. The molecule has 0 aromatic carbocycles. The molecular formula is C9H10N3O. The van der Waals surface area contributed by atoms with E-state index in [9.17, 15) is 0 Å². The molecule has 2 heterocycles. The SMILES string of the molecule is [CH2]COc1nn2ccccc2c1N. The van der Waals surface area contributed by atoms with Gasteiger partial charge in [-0.15, -0.1) is 5.10 Å². The second-order valence-electron chi connectivity index (χ2n) is 2.60. The molecule has 1 radical (unpaired) electrons. The van der Waals surface area contributed by atoms with Crippen LogP contribution in [0.4, 0.5) is 5.69 Å². The molecule has 0 unspecified atom stereocenters. The van der Waals surface area contributed by atoms with Crippen LogP contribution in [0.1, 0.15) is 0 Å². The van der Waals surface area contributed by atoms with Crippen LogP contribution in [0.3, 0.4) is 0 Å². The number of hydrogen-bond acceptors (Lipinski definition) is 3. The minimum atomic E-state index is 0.327. The van der Waals surface area contributed by atoms with E-state index >= 15 is 0 Å². The normalized spacial score (nSPS) is 10.5. The molecule has 4 heteroatoms. The maximum atomic E-state index is 5.79. The minimum Gasteiger partial charge on any atom is -0.475 e. The van der Waals surface area contributed by atoms with Crippen LogP contribution < -0.4 is 10.5 Å². The van der Waals surface area contributed by atoms with E-state index in [1.54, 1.807) is 4.52 Å². The first-order chi connectivity index (χ1) is 6.33. The maximum Gasteiger partial charge on any atom is 0.257 e. The fraction of sp³-hybridized carbons (Fsp3) is 0.111. The first kappa shape index (κ1) is 7.91. The number of nitrogens with zero attached hydrogens (tertiary/aromatic N) is 2. The number of aromatic nitrogens is 2. The molecule has 0 amide bonds. The molecule has 2 N–H and O–H groups in total. The second-order valence-corrected chi connectivity index (χ2v) is 2.60. The molecule has 0 bridgehead atoms. The smallest absolute Gasteiger partial charge is 0.257 e. The van der Waals surface area contributed by atoms with Gasteiger partial charge in [-0.05, 0) is 19.1 Å². The molecule has 0 atom stereocenters. The van der Waals surface area contributed by atoms with Crippen molar-refractivity contribution < 1.29 is 4.74 Å². The lowest BCUT2D eigenvalue weighted by molar-refractivity contribution is 0.346. The second kappa shape index (κ2) is 2.97. The Kier molecular flexibility index (Phi) is 1.81. The number of ether oxygens (including phenoxy) is 1. The Labute approximate surface area is 75.9 Å². The molecule has 4 nitrogen and oxygen atoms in total. The van der Waals surface area contributed by atoms with Gasteiger partial charge in [-0.1, -0.05) is 6.07 Å². The predicted octanol–water partition coefficient (Wildman–Crippen LogP) is 1.13. The largest absolute Gasteiger partial charge is 0.475 e. The Balaban J connectivity index is 2.60. The third-order valence-corrected chi connectivity index (χ3v) is 1.78. The van der Waals surface area contributed by atoms with Crippen molar-refractivity contribution in [3.63, 3.8) is 0 Å². The highest BCUT2D eigenvalue weighted by molar-refractivity contribution is 5.74. The van der Waals surface area contributed by atoms with Crippen LogP contribution >= 0.6 is 0 Å². The highest BCUT2D eigenvalue weighted by Crippen LogP contribution is 2.24. The van der Waals surface area contributed by atoms with Gasteiger partial charge in [-0.3, -0.25) is 0 Å². The fourth-order valence-electron chi connectivity index (χ4n) is 1.20. The summed E-state index contributed by atoms with van der Waals surface area (Å²) in [6.45, 7) is 3.89. The van der Waals surface area contributed by atoms with Crippen molar-refractivity contribution in [1.82, 2.24) is 9.61 Å². The molecule has 67 valence electrons. The van der Waals surface area contributed by atoms with E-state index in [0.717, 1.165) is 5.52 Å². The summed E-state index contributed by atoms with van der Waals surface area (Å²) in [5, 5.41) is 4.13. The van der Waals surface area contributed by atoms with Crippen molar-refractivity contribution >= 4 is 11.2 Å². The van der Waals surface area contributed by atoms with Crippen LogP contribution in [0.5, 0.6) is 5.88 Å². The molecular weight excluding hydrogens is 166 g/mol. The Morgan fingerprint density at radius 3 is 3.08 bits per heavy atom. The van der Waals surface area contributed by atoms with Gasteiger partial charge in [0.05, 0.1) is 12.1 Å². The molecule has 0 aliphatic rings. The lowest BCUT2D eigenvalue weighted by Gasteiger charge is -1.96. The molecule has 0 saturated carbocycles. The van der Waals surface area contributed by atoms with Crippen LogP contribution in [0, 0.1) is 6.92 Å². The van der Waals surface area contributed by atoms with Crippen LogP contribution in [0.25, 0.3) is 5.52 Å². The van der Waals surface area contributed by atoms with Crippen molar-refractivity contribution in [3.8, 4) is 5.88 Å². The number of fused-ring (bicyclic) bond motifs is 1. The van der Waals surface area contributed by atoms with Crippen molar-refractivity contribution in [2.75, 3.05) is 12.3 Å². The lowest BCUT2D eigenvalue weighted by atomic mass is 10.4. The lowest BCUT2D eigenvalue weighted by Crippen LogP contribution is -1.95. The van der Waals surface area contributed by atoms with E-state index in [4.69, 9.17) is 10.5 Å². The van der Waals surface area contributed by atoms with Gasteiger partial charge in [-0.2, -0.15) is 0 Å². The van der Waals surface area contributed by atoms with Crippen LogP contribution in [0.2, 0.25) is 0 Å². The Morgan fingerprint density at radius 2 is 2.38 bits per heavy atom. The number of anilines is 1. The maximum absolute atomic E-state index is 5.79. The highest BCUT2D eigenvalue weighted by atomic mass is 16.5. The zero-order valence-corrected chi connectivity index (χ0v) is 7.10. The van der Waals surface area contributed by atoms with Gasteiger partial charge in [0.2, 0.25) is 0 Å². The van der Waals surface area contributed by atoms with Crippen LogP contribution in [-0.2, 0) is 0 Å². The molecule has 0 fully saturated rings. The number of nitrogen functional groups attached to an aromatic ring is 1. The summed E-state index contributed by atoms with van der Waals surface area (Å²) < 4.78 is 6.83. The van der Waals surface area contributed by atoms with E-state index < -0.39 is 0 Å². The molecule has 13 heavy (non-hydrogen) atoms. The fourth-order valence-corrected chi connectivity index (χ4v) is 1.20. The van der Waals surface area contributed by atoms with Gasteiger partial charge in [0.25, 0.3) is 5.88 Å². The summed E-state index contributed by atoms with van der Waals surface area (Å²) >= 11 is 0. The number of nitrogens with two attached hydrogens (primary N) is 1. The minimum absolute atomic E-state index is 0.327. The Bertz CT molecular complexity index is 422. The van der Waals surface area contributed by atoms with Gasteiger partial charge in [0.1, 0.15) is 5.69 Å². The predicted molar refractivity (Wildman–Crippen MR) is 50.5 cm³/mol. The monoisotopic (exact) mass is 176 g/mol. The zero-order valence-electron chi connectivity index (χ0n) is 7.10. The molecule has 0 aliphatic carbocycles. The third-order valence-electron chi connectivity index (χ3n) is 1.78. The highest BCUT2D eigenvalue weighted by Gasteiger charge is 2.08. The van der Waals surface area contributed by atoms with Gasteiger partial charge in [0.15, 0.2) is 0 Å². The summed E-state index contributed by atoms with van der Waals surface area (Å²) in [7, 11) is 0. The number of hydrogen-bond donors (Lipinski definition) is 1. The average molecular weight is 176 g/mol. The first-order valence-electron chi connectivity index (χ1n) is 3.98. The molecule has 0 aliphatic heterocycles. The standard InChI is InChI=1S/C9H10N3O/c1-2-13-9-8(10)7-5-3-4-6-12(7)11-9/h3-6H,1-2,10H2. The van der Waals surface area contributed by atoms with E-state index in [2.05, 4.69) is 12.0 Å². The topological polar surface area (TPSA) is 52.5 Å². The molecule has 2 rings (SSSR count). The Hall–Kier alpha value is -1.71. The van der Waals surface area contributed by atoms with Gasteiger partial charge >= 0.3 is 0 Å². The average Bonchev–Trinajstić information content (AvgIpc) is 2.46. The van der Waals surface area contributed by atoms with Gasteiger partial charge < -0.3 is 10.5 Å². The summed E-state index contributed by atoms with van der Waals surface area (Å²) in [6, 6.07) is 5.67. The first-order valence-corrected chi connectivity index (χ1v) is 3.98. The van der Waals surface area contributed by atoms with Crippen molar-refractivity contribution in [1.29, 1.82) is 0 Å². The van der Waals surface area contributed by atoms with E-state index in [-0.39, 0.29) is 0 Å². The third kappa shape index (κ3) is 1.20. The van der Waals surface area contributed by atoms with E-state index in [1.165, 1.54) is 0 Å². The molecule has 0 saturated heterocycles. The van der Waals surface area contributed by atoms with Gasteiger partial charge in [0, 0.05) is 6.20 Å². The molecule has 2 aromatic heterocycles. The van der Waals surface area contributed by atoms with Crippen LogP contribution in [-0.4, -0.2) is 16.2 Å². The van der Waals surface area contributed by atoms with Crippen LogP contribution in [0.15, 0.2) is 24.4 Å². The van der Waals surface area contributed by atoms with Crippen molar-refractivity contribution in [2.45, 2.75) is 0 Å². The summed E-state index contributed by atoms with van der Waals surface area (Å²) in [5.74, 6) is 0.446. The van der Waals surface area contributed by atoms with Crippen molar-refractivity contribution in [3.05, 3.63) is 31.3 Å². The Morgan fingerprint density at radius 1 is 1.54 bits per heavy atom. The van der Waals surface area contributed by atoms with E-state index in [0.29, 0.717) is 18.2 Å².